The fourth-order valence-corrected chi connectivity index (χ4v) is 4.52. The standard InChI is InChI=1S/C25H13ClF5N3O3/c26-17-4-3-14(27)10-16(17)24(37)20-18(8-11-2-1-5-32-21(11)19(20)23(36)34-24)33-22(35)12-6-13(25(29,30)31)9-15(28)7-12/h1-10,37H,(H,33,35)(H,34,36). The molecular weight excluding hydrogens is 521 g/mol. The second-order valence-electron chi connectivity index (χ2n) is 8.22. The molecule has 1 aromatic heterocycles. The van der Waals surface area contributed by atoms with Crippen LogP contribution in [-0.4, -0.2) is 21.9 Å². The lowest BCUT2D eigenvalue weighted by molar-refractivity contribution is -0.137. The molecule has 0 spiro atoms. The van der Waals surface area contributed by atoms with Crippen molar-refractivity contribution in [1.29, 1.82) is 0 Å². The predicted octanol–water partition coefficient (Wildman–Crippen LogP) is 5.37. The summed E-state index contributed by atoms with van der Waals surface area (Å²) in [6, 6.07) is 8.76. The van der Waals surface area contributed by atoms with Crippen LogP contribution in [0.3, 0.4) is 0 Å². The number of pyridine rings is 1. The Morgan fingerprint density at radius 1 is 1.05 bits per heavy atom. The van der Waals surface area contributed by atoms with E-state index in [1.165, 1.54) is 18.3 Å². The van der Waals surface area contributed by atoms with Crippen molar-refractivity contribution in [1.82, 2.24) is 10.3 Å². The van der Waals surface area contributed by atoms with Gasteiger partial charge in [0.05, 0.1) is 22.3 Å². The van der Waals surface area contributed by atoms with Crippen LogP contribution in [0.1, 0.15) is 37.4 Å². The fraction of sp³-hybridized carbons (Fsp3) is 0.0800. The number of benzene rings is 3. The minimum Gasteiger partial charge on any atom is -0.363 e. The largest absolute Gasteiger partial charge is 0.416 e. The summed E-state index contributed by atoms with van der Waals surface area (Å²) in [6.45, 7) is 0. The Kier molecular flexibility index (Phi) is 5.65. The molecule has 0 saturated heterocycles. The number of carbonyl (C=O) groups excluding carboxylic acids is 2. The lowest BCUT2D eigenvalue weighted by Gasteiger charge is -2.27. The average molecular weight is 534 g/mol. The van der Waals surface area contributed by atoms with E-state index >= 15 is 0 Å². The van der Waals surface area contributed by atoms with Gasteiger partial charge in [0.1, 0.15) is 11.6 Å². The molecule has 37 heavy (non-hydrogen) atoms. The van der Waals surface area contributed by atoms with Crippen LogP contribution >= 0.6 is 11.6 Å². The number of hydrogen-bond donors (Lipinski definition) is 3. The van der Waals surface area contributed by atoms with Gasteiger partial charge in [0.2, 0.25) is 0 Å². The van der Waals surface area contributed by atoms with Gasteiger partial charge in [-0.15, -0.1) is 0 Å². The normalized spacial score (nSPS) is 17.0. The minimum absolute atomic E-state index is 0.126. The molecule has 5 rings (SSSR count). The first-order chi connectivity index (χ1) is 17.4. The Labute approximate surface area is 209 Å². The van der Waals surface area contributed by atoms with Crippen LogP contribution < -0.4 is 10.6 Å². The minimum atomic E-state index is -4.92. The highest BCUT2D eigenvalue weighted by atomic mass is 35.5. The molecule has 1 aliphatic heterocycles. The number of nitrogens with one attached hydrogen (secondary N) is 2. The van der Waals surface area contributed by atoms with Gasteiger partial charge in [-0.25, -0.2) is 8.78 Å². The van der Waals surface area contributed by atoms with Crippen molar-refractivity contribution in [3.63, 3.8) is 0 Å². The number of carbonyl (C=O) groups is 2. The molecule has 0 aliphatic carbocycles. The van der Waals surface area contributed by atoms with E-state index in [-0.39, 0.29) is 39.0 Å². The second kappa shape index (κ2) is 8.49. The molecule has 1 atom stereocenters. The van der Waals surface area contributed by atoms with Crippen molar-refractivity contribution in [2.45, 2.75) is 11.9 Å². The third kappa shape index (κ3) is 4.15. The SMILES string of the molecule is O=C(Nc1cc2cccnc2c2c1C(O)(c1cc(F)ccc1Cl)NC2=O)c1cc(F)cc(C(F)(F)F)c1. The van der Waals surface area contributed by atoms with Gasteiger partial charge in [-0.3, -0.25) is 14.6 Å². The van der Waals surface area contributed by atoms with Crippen LogP contribution in [0.5, 0.6) is 0 Å². The van der Waals surface area contributed by atoms with Gasteiger partial charge in [0.25, 0.3) is 11.8 Å². The summed E-state index contributed by atoms with van der Waals surface area (Å²) in [5.41, 5.74) is -5.32. The van der Waals surface area contributed by atoms with Crippen molar-refractivity contribution in [3.8, 4) is 0 Å². The zero-order valence-electron chi connectivity index (χ0n) is 18.3. The van der Waals surface area contributed by atoms with Crippen molar-refractivity contribution < 1.29 is 36.6 Å². The zero-order chi connectivity index (χ0) is 26.7. The number of aliphatic hydroxyl groups is 1. The Hall–Kier alpha value is -4.09. The Morgan fingerprint density at radius 2 is 1.81 bits per heavy atom. The second-order valence-corrected chi connectivity index (χ2v) is 8.63. The van der Waals surface area contributed by atoms with Gasteiger partial charge in [-0.1, -0.05) is 17.7 Å². The van der Waals surface area contributed by atoms with Gasteiger partial charge < -0.3 is 15.7 Å². The van der Waals surface area contributed by atoms with Gasteiger partial charge in [-0.2, -0.15) is 13.2 Å². The van der Waals surface area contributed by atoms with Crippen LogP contribution in [0.2, 0.25) is 5.02 Å². The molecule has 2 heterocycles. The topological polar surface area (TPSA) is 91.3 Å². The smallest absolute Gasteiger partial charge is 0.363 e. The molecule has 0 radical (unpaired) electrons. The predicted molar refractivity (Wildman–Crippen MR) is 123 cm³/mol. The van der Waals surface area contributed by atoms with E-state index in [1.807, 2.05) is 0 Å². The number of nitrogens with zero attached hydrogens (tertiary/aromatic N) is 1. The summed E-state index contributed by atoms with van der Waals surface area (Å²) in [7, 11) is 0. The van der Waals surface area contributed by atoms with E-state index in [2.05, 4.69) is 15.6 Å². The number of aromatic nitrogens is 1. The highest BCUT2D eigenvalue weighted by molar-refractivity contribution is 6.31. The maximum Gasteiger partial charge on any atom is 0.416 e. The number of alkyl halides is 3. The number of fused-ring (bicyclic) bond motifs is 3. The number of anilines is 1. The first kappa shape index (κ1) is 24.6. The molecule has 0 fully saturated rings. The van der Waals surface area contributed by atoms with Gasteiger partial charge in [0, 0.05) is 33.3 Å². The monoisotopic (exact) mass is 533 g/mol. The molecule has 0 bridgehead atoms. The summed E-state index contributed by atoms with van der Waals surface area (Å²) in [5, 5.41) is 16.5. The zero-order valence-corrected chi connectivity index (χ0v) is 19.0. The van der Waals surface area contributed by atoms with Crippen molar-refractivity contribution in [2.75, 3.05) is 5.32 Å². The van der Waals surface area contributed by atoms with E-state index in [4.69, 9.17) is 11.6 Å². The van der Waals surface area contributed by atoms with Crippen LogP contribution in [0.15, 0.2) is 60.8 Å². The molecular formula is C25H13ClF5N3O3. The number of rotatable bonds is 3. The third-order valence-corrected chi connectivity index (χ3v) is 6.16. The van der Waals surface area contributed by atoms with E-state index in [1.54, 1.807) is 6.07 Å². The first-order valence-corrected chi connectivity index (χ1v) is 10.9. The fourth-order valence-electron chi connectivity index (χ4n) is 4.26. The lowest BCUT2D eigenvalue weighted by atomic mass is 9.91. The molecule has 0 saturated carbocycles. The quantitative estimate of drug-likeness (QED) is 0.309. The van der Waals surface area contributed by atoms with Crippen LogP contribution in [0.4, 0.5) is 27.6 Å². The molecule has 1 aliphatic rings. The molecule has 6 nitrogen and oxygen atoms in total. The number of halogens is 6. The van der Waals surface area contributed by atoms with E-state index in [9.17, 15) is 36.6 Å². The van der Waals surface area contributed by atoms with E-state index in [0.717, 1.165) is 18.2 Å². The average Bonchev–Trinajstić information content (AvgIpc) is 3.11. The Bertz CT molecular complexity index is 1630. The molecule has 2 amide bonds. The summed E-state index contributed by atoms with van der Waals surface area (Å²) < 4.78 is 67.5. The summed E-state index contributed by atoms with van der Waals surface area (Å²) in [4.78, 5) is 30.2. The molecule has 3 aromatic carbocycles. The highest BCUT2D eigenvalue weighted by Crippen LogP contribution is 2.45. The maximum atomic E-state index is 14.1. The summed E-state index contributed by atoms with van der Waals surface area (Å²) >= 11 is 6.20. The van der Waals surface area contributed by atoms with Gasteiger partial charge in [-0.05, 0) is 48.5 Å². The van der Waals surface area contributed by atoms with Crippen molar-refractivity contribution >= 4 is 40.0 Å². The molecule has 3 N–H and O–H groups in total. The van der Waals surface area contributed by atoms with Crippen LogP contribution in [-0.2, 0) is 11.9 Å². The van der Waals surface area contributed by atoms with E-state index < -0.39 is 46.5 Å². The van der Waals surface area contributed by atoms with Crippen LogP contribution in [0.25, 0.3) is 10.9 Å². The van der Waals surface area contributed by atoms with Crippen molar-refractivity contribution in [2.24, 2.45) is 0 Å². The number of amides is 2. The molecule has 188 valence electrons. The summed E-state index contributed by atoms with van der Waals surface area (Å²) in [6.07, 6.45) is -3.54. The lowest BCUT2D eigenvalue weighted by Crippen LogP contribution is -2.41. The van der Waals surface area contributed by atoms with Gasteiger partial charge >= 0.3 is 6.18 Å². The highest BCUT2D eigenvalue weighted by Gasteiger charge is 2.48. The van der Waals surface area contributed by atoms with Crippen LogP contribution in [0, 0.1) is 11.6 Å². The molecule has 4 aromatic rings. The number of hydrogen-bond acceptors (Lipinski definition) is 4. The molecule has 1 unspecified atom stereocenters. The first-order valence-electron chi connectivity index (χ1n) is 10.5. The van der Waals surface area contributed by atoms with Gasteiger partial charge in [0.15, 0.2) is 5.72 Å². The third-order valence-electron chi connectivity index (χ3n) is 5.83. The van der Waals surface area contributed by atoms with Crippen molar-refractivity contribution in [3.05, 3.63) is 105 Å². The molecule has 12 heteroatoms. The van der Waals surface area contributed by atoms with E-state index in [0.29, 0.717) is 17.5 Å². The Balaban J connectivity index is 1.72. The Morgan fingerprint density at radius 3 is 2.54 bits per heavy atom. The summed E-state index contributed by atoms with van der Waals surface area (Å²) in [5.74, 6) is -4.09. The maximum absolute atomic E-state index is 14.1.